The third kappa shape index (κ3) is 4.70. The van der Waals surface area contributed by atoms with Gasteiger partial charge in [-0.25, -0.2) is 0 Å². The molecule has 0 spiro atoms. The molecular weight excluding hydrogens is 283 g/mol. The normalized spacial score (nSPS) is 11.7. The molecule has 4 nitrogen and oxygen atoms in total. The number of anilines is 1. The molecule has 0 fully saturated rings. The minimum atomic E-state index is -4.68. The predicted octanol–water partition coefficient (Wildman–Crippen LogP) is 4.04. The van der Waals surface area contributed by atoms with Crippen LogP contribution in [0.15, 0.2) is 30.3 Å². The molecule has 0 bridgehead atoms. The van der Waals surface area contributed by atoms with Gasteiger partial charge in [-0.15, -0.1) is 13.2 Å². The first-order chi connectivity index (χ1) is 9.83. The molecule has 114 valence electrons. The van der Waals surface area contributed by atoms with Crippen LogP contribution in [0.3, 0.4) is 0 Å². The molecule has 1 aromatic carbocycles. The maximum absolute atomic E-state index is 12.1. The maximum Gasteiger partial charge on any atom is 0.573 e. The summed E-state index contributed by atoms with van der Waals surface area (Å²) < 4.78 is 40.0. The summed E-state index contributed by atoms with van der Waals surface area (Å²) in [7, 11) is 0. The van der Waals surface area contributed by atoms with E-state index in [9.17, 15) is 13.2 Å². The molecule has 0 saturated carbocycles. The van der Waals surface area contributed by atoms with E-state index in [-0.39, 0.29) is 5.75 Å². The molecule has 0 unspecified atom stereocenters. The van der Waals surface area contributed by atoms with E-state index >= 15 is 0 Å². The Labute approximate surface area is 120 Å². The van der Waals surface area contributed by atoms with Crippen molar-refractivity contribution in [2.45, 2.75) is 20.2 Å². The summed E-state index contributed by atoms with van der Waals surface area (Å²) in [5, 5.41) is 10.1. The average molecular weight is 299 g/mol. The average Bonchev–Trinajstić information content (AvgIpc) is 2.84. The number of aromatic nitrogens is 2. The van der Waals surface area contributed by atoms with Crippen LogP contribution in [0.5, 0.6) is 5.75 Å². The summed E-state index contributed by atoms with van der Waals surface area (Å²) in [5.41, 5.74) is 1.45. The fourth-order valence-electron chi connectivity index (χ4n) is 1.71. The molecule has 21 heavy (non-hydrogen) atoms. The lowest BCUT2D eigenvalue weighted by molar-refractivity contribution is -0.274. The van der Waals surface area contributed by atoms with Crippen LogP contribution >= 0.6 is 0 Å². The number of benzene rings is 1. The van der Waals surface area contributed by atoms with Crippen molar-refractivity contribution in [3.05, 3.63) is 30.3 Å². The number of ether oxygens (including phenoxy) is 1. The number of nitrogens with one attached hydrogen (secondary N) is 2. The minimum absolute atomic E-state index is 0.246. The van der Waals surface area contributed by atoms with Crippen molar-refractivity contribution < 1.29 is 17.9 Å². The third-order valence-electron chi connectivity index (χ3n) is 2.67. The van der Waals surface area contributed by atoms with Crippen LogP contribution in [0.1, 0.15) is 13.8 Å². The number of rotatable bonds is 5. The first-order valence-corrected chi connectivity index (χ1v) is 6.49. The van der Waals surface area contributed by atoms with E-state index in [2.05, 4.69) is 34.1 Å². The lowest BCUT2D eigenvalue weighted by atomic mass is 10.1. The fourth-order valence-corrected chi connectivity index (χ4v) is 1.71. The zero-order chi connectivity index (χ0) is 15.5. The van der Waals surface area contributed by atoms with Crippen molar-refractivity contribution in [1.82, 2.24) is 10.2 Å². The summed E-state index contributed by atoms with van der Waals surface area (Å²) in [5.74, 6) is 0.946. The van der Waals surface area contributed by atoms with E-state index in [4.69, 9.17) is 0 Å². The summed E-state index contributed by atoms with van der Waals surface area (Å²) in [6.45, 7) is 4.96. The van der Waals surface area contributed by atoms with Crippen molar-refractivity contribution in [2.24, 2.45) is 5.92 Å². The molecule has 0 aliphatic rings. The molecule has 1 heterocycles. The van der Waals surface area contributed by atoms with Gasteiger partial charge in [0.15, 0.2) is 0 Å². The Bertz CT molecular complexity index is 576. The van der Waals surface area contributed by atoms with Crippen LogP contribution in [0.2, 0.25) is 0 Å². The van der Waals surface area contributed by atoms with Crippen molar-refractivity contribution in [3.8, 4) is 17.0 Å². The molecule has 0 aliphatic carbocycles. The topological polar surface area (TPSA) is 49.9 Å². The number of aromatic amines is 1. The van der Waals surface area contributed by atoms with Gasteiger partial charge in [-0.1, -0.05) is 13.8 Å². The van der Waals surface area contributed by atoms with Crippen LogP contribution in [-0.2, 0) is 0 Å². The number of alkyl halides is 3. The molecule has 0 atom stereocenters. The van der Waals surface area contributed by atoms with Gasteiger partial charge in [0.1, 0.15) is 11.6 Å². The zero-order valence-corrected chi connectivity index (χ0v) is 11.7. The largest absolute Gasteiger partial charge is 0.573 e. The smallest absolute Gasteiger partial charge is 0.406 e. The SMILES string of the molecule is CC(C)CNc1cc(-c2ccc(OC(F)(F)F)cc2)[nH]n1. The van der Waals surface area contributed by atoms with E-state index in [1.54, 1.807) is 12.1 Å². The molecule has 0 amide bonds. The molecular formula is C14H16F3N3O. The molecule has 2 aromatic rings. The van der Waals surface area contributed by atoms with Crippen molar-refractivity contribution >= 4 is 5.82 Å². The highest BCUT2D eigenvalue weighted by Crippen LogP contribution is 2.26. The van der Waals surface area contributed by atoms with Gasteiger partial charge in [0.05, 0.1) is 5.69 Å². The van der Waals surface area contributed by atoms with Crippen molar-refractivity contribution in [1.29, 1.82) is 0 Å². The molecule has 2 N–H and O–H groups in total. The van der Waals surface area contributed by atoms with Gasteiger partial charge in [0.25, 0.3) is 0 Å². The van der Waals surface area contributed by atoms with E-state index in [1.807, 2.05) is 6.07 Å². The molecule has 1 aromatic heterocycles. The summed E-state index contributed by atoms with van der Waals surface area (Å²) in [6, 6.07) is 7.43. The Morgan fingerprint density at radius 2 is 1.90 bits per heavy atom. The molecule has 2 rings (SSSR count). The second kappa shape index (κ2) is 6.07. The van der Waals surface area contributed by atoms with Crippen molar-refractivity contribution in [3.63, 3.8) is 0 Å². The van der Waals surface area contributed by atoms with Gasteiger partial charge in [0, 0.05) is 12.6 Å². The molecule has 7 heteroatoms. The molecule has 0 saturated heterocycles. The van der Waals surface area contributed by atoms with E-state index < -0.39 is 6.36 Å². The number of hydrogen-bond acceptors (Lipinski definition) is 3. The highest BCUT2D eigenvalue weighted by Gasteiger charge is 2.30. The lowest BCUT2D eigenvalue weighted by Crippen LogP contribution is -2.16. The van der Waals surface area contributed by atoms with E-state index in [1.165, 1.54) is 12.1 Å². The van der Waals surface area contributed by atoms with Gasteiger partial charge >= 0.3 is 6.36 Å². The Balaban J connectivity index is 2.05. The monoisotopic (exact) mass is 299 g/mol. The fraction of sp³-hybridized carbons (Fsp3) is 0.357. The zero-order valence-electron chi connectivity index (χ0n) is 11.7. The van der Waals surface area contributed by atoms with Gasteiger partial charge in [0.2, 0.25) is 0 Å². The first kappa shape index (κ1) is 15.2. The Kier molecular flexibility index (Phi) is 4.40. The lowest BCUT2D eigenvalue weighted by Gasteiger charge is -2.08. The van der Waals surface area contributed by atoms with E-state index in [0.717, 1.165) is 17.8 Å². The Hall–Kier alpha value is -2.18. The summed E-state index contributed by atoms with van der Waals surface area (Å²) >= 11 is 0. The number of nitrogens with zero attached hydrogens (tertiary/aromatic N) is 1. The van der Waals surface area contributed by atoms with Crippen LogP contribution in [0.4, 0.5) is 19.0 Å². The van der Waals surface area contributed by atoms with Gasteiger partial charge < -0.3 is 10.1 Å². The second-order valence-corrected chi connectivity index (χ2v) is 5.01. The van der Waals surface area contributed by atoms with Crippen LogP contribution in [0, 0.1) is 5.92 Å². The van der Waals surface area contributed by atoms with Crippen molar-refractivity contribution in [2.75, 3.05) is 11.9 Å². The Morgan fingerprint density at radius 1 is 1.24 bits per heavy atom. The third-order valence-corrected chi connectivity index (χ3v) is 2.67. The molecule has 0 aliphatic heterocycles. The minimum Gasteiger partial charge on any atom is -0.406 e. The van der Waals surface area contributed by atoms with Crippen LogP contribution in [0.25, 0.3) is 11.3 Å². The summed E-state index contributed by atoms with van der Waals surface area (Å²) in [6.07, 6.45) is -4.68. The maximum atomic E-state index is 12.1. The first-order valence-electron chi connectivity index (χ1n) is 6.49. The van der Waals surface area contributed by atoms with Gasteiger partial charge in [-0.3, -0.25) is 5.10 Å². The molecule has 0 radical (unpaired) electrons. The van der Waals surface area contributed by atoms with E-state index in [0.29, 0.717) is 11.7 Å². The van der Waals surface area contributed by atoms with Crippen LogP contribution < -0.4 is 10.1 Å². The van der Waals surface area contributed by atoms with Gasteiger partial charge in [-0.05, 0) is 35.7 Å². The summed E-state index contributed by atoms with van der Waals surface area (Å²) in [4.78, 5) is 0. The second-order valence-electron chi connectivity index (χ2n) is 5.01. The Morgan fingerprint density at radius 3 is 2.48 bits per heavy atom. The quantitative estimate of drug-likeness (QED) is 0.876. The van der Waals surface area contributed by atoms with Gasteiger partial charge in [-0.2, -0.15) is 5.10 Å². The predicted molar refractivity (Wildman–Crippen MR) is 74.0 cm³/mol. The standard InChI is InChI=1S/C14H16F3N3O/c1-9(2)8-18-13-7-12(19-20-13)10-3-5-11(6-4-10)21-14(15,16)17/h3-7,9H,8H2,1-2H3,(H2,18,19,20). The highest BCUT2D eigenvalue weighted by molar-refractivity contribution is 5.63. The number of H-pyrrole nitrogens is 1. The van der Waals surface area contributed by atoms with Crippen LogP contribution in [-0.4, -0.2) is 23.1 Å². The number of hydrogen-bond donors (Lipinski definition) is 2. The number of halogens is 3. The highest BCUT2D eigenvalue weighted by atomic mass is 19.4.